The third-order valence-electron chi connectivity index (χ3n) is 2.90. The van der Waals surface area contributed by atoms with E-state index in [0.29, 0.717) is 0 Å². The molecule has 4 heteroatoms. The molecule has 0 aromatic heterocycles. The van der Waals surface area contributed by atoms with E-state index in [1.54, 1.807) is 12.1 Å². The Bertz CT molecular complexity index is 577. The molecule has 0 heterocycles. The minimum absolute atomic E-state index is 0.130. The van der Waals surface area contributed by atoms with Gasteiger partial charge in [0.2, 0.25) is 0 Å². The quantitative estimate of drug-likeness (QED) is 0.496. The Hall–Kier alpha value is -2.62. The number of nitrogens with one attached hydrogen (secondary N) is 1. The first kappa shape index (κ1) is 13.8. The Morgan fingerprint density at radius 1 is 1.05 bits per heavy atom. The Morgan fingerprint density at radius 2 is 1.75 bits per heavy atom. The molecule has 0 bridgehead atoms. The maximum atomic E-state index is 10.5. The van der Waals surface area contributed by atoms with E-state index in [-0.39, 0.29) is 10.6 Å². The van der Waals surface area contributed by atoms with Crippen LogP contribution in [0.2, 0.25) is 0 Å². The lowest BCUT2D eigenvalue weighted by Gasteiger charge is -2.01. The summed E-state index contributed by atoms with van der Waals surface area (Å²) in [5.74, 6) is 0. The maximum absolute atomic E-state index is 10.5. The van der Waals surface area contributed by atoms with Crippen molar-refractivity contribution in [2.24, 2.45) is 0 Å². The Balaban J connectivity index is 1.76. The minimum Gasteiger partial charge on any atom is -0.391 e. The van der Waals surface area contributed by atoms with E-state index in [1.165, 1.54) is 12.1 Å². The molecule has 0 saturated heterocycles. The summed E-state index contributed by atoms with van der Waals surface area (Å²) in [6, 6.07) is 16.7. The average Bonchev–Trinajstić information content (AvgIpc) is 2.48. The van der Waals surface area contributed by atoms with Crippen LogP contribution < -0.4 is 5.32 Å². The molecule has 0 fully saturated rings. The highest BCUT2D eigenvalue weighted by atomic mass is 16.6. The number of non-ortho nitro benzene ring substituents is 1. The van der Waals surface area contributed by atoms with Crippen molar-refractivity contribution in [3.63, 3.8) is 0 Å². The number of rotatable bonds is 6. The number of nitrogens with zero attached hydrogens (tertiary/aromatic N) is 1. The molecule has 0 amide bonds. The summed E-state index contributed by atoms with van der Waals surface area (Å²) < 4.78 is 0. The lowest BCUT2D eigenvalue weighted by molar-refractivity contribution is -0.384. The van der Waals surface area contributed by atoms with Gasteiger partial charge in [0.25, 0.3) is 5.69 Å². The van der Waals surface area contributed by atoms with Crippen LogP contribution >= 0.6 is 0 Å². The molecular weight excluding hydrogens is 252 g/mol. The van der Waals surface area contributed by atoms with Crippen molar-refractivity contribution < 1.29 is 4.92 Å². The number of hydrogen-bond donors (Lipinski definition) is 1. The van der Waals surface area contributed by atoms with Crippen LogP contribution in [-0.2, 0) is 6.42 Å². The Labute approximate surface area is 117 Å². The van der Waals surface area contributed by atoms with E-state index in [1.807, 2.05) is 42.6 Å². The molecule has 4 nitrogen and oxygen atoms in total. The zero-order valence-electron chi connectivity index (χ0n) is 11.0. The number of nitro groups is 1. The molecule has 0 atom stereocenters. The third kappa shape index (κ3) is 4.24. The molecule has 0 spiro atoms. The van der Waals surface area contributed by atoms with Gasteiger partial charge in [0.15, 0.2) is 0 Å². The van der Waals surface area contributed by atoms with Gasteiger partial charge in [0.1, 0.15) is 0 Å². The maximum Gasteiger partial charge on any atom is 0.269 e. The van der Waals surface area contributed by atoms with E-state index in [4.69, 9.17) is 0 Å². The molecule has 0 aliphatic carbocycles. The summed E-state index contributed by atoms with van der Waals surface area (Å²) >= 11 is 0. The van der Waals surface area contributed by atoms with Crippen LogP contribution in [0.3, 0.4) is 0 Å². The highest BCUT2D eigenvalue weighted by Crippen LogP contribution is 2.11. The lowest BCUT2D eigenvalue weighted by Crippen LogP contribution is -2.09. The predicted octanol–water partition coefficient (Wildman–Crippen LogP) is 3.40. The second kappa shape index (κ2) is 7.09. The van der Waals surface area contributed by atoms with Crippen molar-refractivity contribution in [3.05, 3.63) is 82.0 Å². The van der Waals surface area contributed by atoms with E-state index < -0.39 is 0 Å². The van der Waals surface area contributed by atoms with Crippen LogP contribution in [0.1, 0.15) is 11.1 Å². The third-order valence-corrected chi connectivity index (χ3v) is 2.90. The lowest BCUT2D eigenvalue weighted by atomic mass is 10.1. The summed E-state index contributed by atoms with van der Waals surface area (Å²) in [6.45, 7) is 0.793. The van der Waals surface area contributed by atoms with Gasteiger partial charge in [0, 0.05) is 18.7 Å². The van der Waals surface area contributed by atoms with Crippen molar-refractivity contribution in [2.45, 2.75) is 6.42 Å². The molecule has 0 aliphatic rings. The van der Waals surface area contributed by atoms with Gasteiger partial charge in [-0.1, -0.05) is 42.5 Å². The Morgan fingerprint density at radius 3 is 2.40 bits per heavy atom. The SMILES string of the molecule is O=[N+]([O-])c1ccc(CCN/C=C/c2ccccc2)cc1. The smallest absolute Gasteiger partial charge is 0.269 e. The van der Waals surface area contributed by atoms with Crippen molar-refractivity contribution in [2.75, 3.05) is 6.54 Å². The zero-order chi connectivity index (χ0) is 14.2. The van der Waals surface area contributed by atoms with Gasteiger partial charge >= 0.3 is 0 Å². The average molecular weight is 268 g/mol. The van der Waals surface area contributed by atoms with Gasteiger partial charge in [-0.25, -0.2) is 0 Å². The molecule has 20 heavy (non-hydrogen) atoms. The first-order chi connectivity index (χ1) is 9.75. The van der Waals surface area contributed by atoms with Gasteiger partial charge in [-0.05, 0) is 29.8 Å². The fraction of sp³-hybridized carbons (Fsp3) is 0.125. The molecule has 0 saturated carbocycles. The van der Waals surface area contributed by atoms with Crippen LogP contribution in [0.4, 0.5) is 5.69 Å². The molecule has 102 valence electrons. The molecule has 2 rings (SSSR count). The second-order valence-electron chi connectivity index (χ2n) is 4.37. The monoisotopic (exact) mass is 268 g/mol. The first-order valence-electron chi connectivity index (χ1n) is 6.44. The number of hydrogen-bond acceptors (Lipinski definition) is 3. The van der Waals surface area contributed by atoms with Gasteiger partial charge in [-0.2, -0.15) is 0 Å². The van der Waals surface area contributed by atoms with E-state index in [9.17, 15) is 10.1 Å². The standard InChI is InChI=1S/C16H16N2O2/c19-18(20)16-8-6-15(7-9-16)11-13-17-12-10-14-4-2-1-3-5-14/h1-10,12,17H,11,13H2/b12-10+. The minimum atomic E-state index is -0.384. The second-order valence-corrected chi connectivity index (χ2v) is 4.37. The van der Waals surface area contributed by atoms with Crippen molar-refractivity contribution in [3.8, 4) is 0 Å². The van der Waals surface area contributed by atoms with Crippen LogP contribution in [-0.4, -0.2) is 11.5 Å². The number of nitro benzene ring substituents is 1. The largest absolute Gasteiger partial charge is 0.391 e. The summed E-state index contributed by atoms with van der Waals surface area (Å²) in [5, 5.41) is 13.7. The zero-order valence-corrected chi connectivity index (χ0v) is 11.0. The molecule has 2 aromatic carbocycles. The van der Waals surface area contributed by atoms with Crippen LogP contribution in [0.15, 0.2) is 60.8 Å². The summed E-state index contributed by atoms with van der Waals surface area (Å²) in [5.41, 5.74) is 2.36. The Kier molecular flexibility index (Phi) is 4.89. The summed E-state index contributed by atoms with van der Waals surface area (Å²) in [7, 11) is 0. The molecular formula is C16H16N2O2. The van der Waals surface area contributed by atoms with Gasteiger partial charge < -0.3 is 5.32 Å². The van der Waals surface area contributed by atoms with Crippen molar-refractivity contribution >= 4 is 11.8 Å². The van der Waals surface area contributed by atoms with Gasteiger partial charge in [0.05, 0.1) is 4.92 Å². The van der Waals surface area contributed by atoms with Crippen LogP contribution in [0.5, 0.6) is 0 Å². The normalized spacial score (nSPS) is 10.6. The van der Waals surface area contributed by atoms with Crippen molar-refractivity contribution in [1.29, 1.82) is 0 Å². The molecule has 1 N–H and O–H groups in total. The number of benzene rings is 2. The molecule has 0 unspecified atom stereocenters. The molecule has 2 aromatic rings. The predicted molar refractivity (Wildman–Crippen MR) is 80.3 cm³/mol. The molecule has 0 radical (unpaired) electrons. The highest BCUT2D eigenvalue weighted by Gasteiger charge is 2.02. The van der Waals surface area contributed by atoms with E-state index >= 15 is 0 Å². The van der Waals surface area contributed by atoms with Crippen molar-refractivity contribution in [1.82, 2.24) is 5.32 Å². The van der Waals surface area contributed by atoms with Crippen LogP contribution in [0, 0.1) is 10.1 Å². The van der Waals surface area contributed by atoms with Crippen LogP contribution in [0.25, 0.3) is 6.08 Å². The topological polar surface area (TPSA) is 55.2 Å². The summed E-state index contributed by atoms with van der Waals surface area (Å²) in [6.07, 6.45) is 4.76. The summed E-state index contributed by atoms with van der Waals surface area (Å²) in [4.78, 5) is 10.1. The fourth-order valence-corrected chi connectivity index (χ4v) is 1.80. The van der Waals surface area contributed by atoms with Gasteiger partial charge in [-0.3, -0.25) is 10.1 Å². The van der Waals surface area contributed by atoms with Gasteiger partial charge in [-0.15, -0.1) is 0 Å². The van der Waals surface area contributed by atoms with E-state index in [2.05, 4.69) is 5.32 Å². The van der Waals surface area contributed by atoms with E-state index in [0.717, 1.165) is 24.1 Å². The fourth-order valence-electron chi connectivity index (χ4n) is 1.80. The first-order valence-corrected chi connectivity index (χ1v) is 6.44. The highest BCUT2D eigenvalue weighted by molar-refractivity contribution is 5.48. The molecule has 0 aliphatic heterocycles.